The van der Waals surface area contributed by atoms with Crippen molar-refractivity contribution in [1.82, 2.24) is 0 Å². The van der Waals surface area contributed by atoms with E-state index in [-0.39, 0.29) is 17.0 Å². The molecule has 4 heteroatoms. The Morgan fingerprint density at radius 1 is 0.929 bits per heavy atom. The molecular weight excluding hydrogens is 344 g/mol. The Labute approximate surface area is 167 Å². The Hall–Kier alpha value is -2.62. The van der Waals surface area contributed by atoms with Crippen LogP contribution in [0, 0.1) is 16.2 Å². The number of anilines is 2. The standard InChI is InChI=1S/C24H28N4/c1-5-15-8-7-9-17(12-15)27-20(25)21(26)28-19-13-16(6-2)10-11-18(19)23(3)14-24(23,4)22(27)28/h7-13,22,25-26H,5-6,14H2,1-4H3. The topological polar surface area (TPSA) is 54.2 Å². The molecule has 2 aromatic rings. The lowest BCUT2D eigenvalue weighted by atomic mass is 9.80. The summed E-state index contributed by atoms with van der Waals surface area (Å²) in [5, 5.41) is 17.7. The Morgan fingerprint density at radius 2 is 1.61 bits per heavy atom. The van der Waals surface area contributed by atoms with Crippen LogP contribution in [0.4, 0.5) is 11.4 Å². The maximum atomic E-state index is 8.83. The van der Waals surface area contributed by atoms with Gasteiger partial charge in [0.15, 0.2) is 11.7 Å². The van der Waals surface area contributed by atoms with Gasteiger partial charge in [0, 0.05) is 22.2 Å². The molecule has 0 bridgehead atoms. The minimum atomic E-state index is -0.00999. The van der Waals surface area contributed by atoms with Crippen LogP contribution in [0.15, 0.2) is 42.5 Å². The van der Waals surface area contributed by atoms with Crippen LogP contribution in [0.1, 0.15) is 50.8 Å². The number of aryl methyl sites for hydroxylation is 2. The third-order valence-electron chi connectivity index (χ3n) is 7.54. The van der Waals surface area contributed by atoms with Crippen LogP contribution >= 0.6 is 0 Å². The van der Waals surface area contributed by atoms with Gasteiger partial charge in [0.05, 0.1) is 0 Å². The molecule has 4 nitrogen and oxygen atoms in total. The second kappa shape index (κ2) is 5.47. The van der Waals surface area contributed by atoms with Crippen molar-refractivity contribution >= 4 is 23.0 Å². The molecule has 3 aliphatic rings. The van der Waals surface area contributed by atoms with Crippen LogP contribution in [0.3, 0.4) is 0 Å². The van der Waals surface area contributed by atoms with Crippen molar-refractivity contribution in [3.63, 3.8) is 0 Å². The summed E-state index contributed by atoms with van der Waals surface area (Å²) in [6.07, 6.45) is 3.03. The first-order chi connectivity index (χ1) is 13.4. The van der Waals surface area contributed by atoms with E-state index in [2.05, 4.69) is 80.0 Å². The maximum Gasteiger partial charge on any atom is 0.170 e. The smallest absolute Gasteiger partial charge is 0.170 e. The number of fused-ring (bicyclic) bond motifs is 6. The molecule has 0 amide bonds. The Kier molecular flexibility index (Phi) is 3.41. The molecule has 2 heterocycles. The van der Waals surface area contributed by atoms with E-state index in [0.717, 1.165) is 30.6 Å². The fourth-order valence-corrected chi connectivity index (χ4v) is 5.54. The van der Waals surface area contributed by atoms with Crippen LogP contribution in [0.2, 0.25) is 0 Å². The van der Waals surface area contributed by atoms with Crippen molar-refractivity contribution < 1.29 is 0 Å². The maximum absolute atomic E-state index is 8.83. The molecule has 28 heavy (non-hydrogen) atoms. The highest BCUT2D eigenvalue weighted by Crippen LogP contribution is 2.72. The van der Waals surface area contributed by atoms with E-state index in [4.69, 9.17) is 10.8 Å². The number of nitrogens with zero attached hydrogens (tertiary/aromatic N) is 2. The zero-order chi connectivity index (χ0) is 19.8. The van der Waals surface area contributed by atoms with Gasteiger partial charge in [0.2, 0.25) is 0 Å². The van der Waals surface area contributed by atoms with Crippen LogP contribution < -0.4 is 9.80 Å². The SMILES string of the molecule is CCc1cccc(N2C(=N)C(=N)N3c4cc(CC)ccc4C4(C)CC4(C)C23)c1. The highest BCUT2D eigenvalue weighted by molar-refractivity contribution is 6.51. The lowest BCUT2D eigenvalue weighted by Gasteiger charge is -2.43. The number of rotatable bonds is 3. The van der Waals surface area contributed by atoms with Crippen molar-refractivity contribution in [2.75, 3.05) is 9.80 Å². The minimum Gasteiger partial charge on any atom is -0.302 e. The fraction of sp³-hybridized carbons (Fsp3) is 0.417. The van der Waals surface area contributed by atoms with E-state index in [1.807, 2.05) is 0 Å². The van der Waals surface area contributed by atoms with Crippen molar-refractivity contribution in [1.29, 1.82) is 10.8 Å². The van der Waals surface area contributed by atoms with E-state index in [0.29, 0.717) is 11.7 Å². The summed E-state index contributed by atoms with van der Waals surface area (Å²) in [4.78, 5) is 4.23. The predicted octanol–water partition coefficient (Wildman–Crippen LogP) is 5.10. The average Bonchev–Trinajstić information content (AvgIpc) is 3.20. The minimum absolute atomic E-state index is 0.00999. The monoisotopic (exact) mass is 372 g/mol. The molecular formula is C24H28N4. The summed E-state index contributed by atoms with van der Waals surface area (Å²) in [5.41, 5.74) is 6.18. The molecule has 2 fully saturated rings. The Morgan fingerprint density at radius 3 is 2.32 bits per heavy atom. The lowest BCUT2D eigenvalue weighted by molar-refractivity contribution is 0.378. The first-order valence-corrected chi connectivity index (χ1v) is 10.3. The van der Waals surface area contributed by atoms with Gasteiger partial charge in [-0.25, -0.2) is 0 Å². The molecule has 0 aromatic heterocycles. The number of nitrogens with one attached hydrogen (secondary N) is 2. The number of amidine groups is 2. The number of hydrogen-bond donors (Lipinski definition) is 2. The zero-order valence-electron chi connectivity index (χ0n) is 17.1. The molecule has 1 saturated carbocycles. The number of benzene rings is 2. The van der Waals surface area contributed by atoms with E-state index in [1.54, 1.807) is 0 Å². The largest absolute Gasteiger partial charge is 0.302 e. The molecule has 5 rings (SSSR count). The highest BCUT2D eigenvalue weighted by Gasteiger charge is 2.73. The van der Waals surface area contributed by atoms with Crippen LogP contribution in [-0.2, 0) is 18.3 Å². The van der Waals surface area contributed by atoms with Crippen molar-refractivity contribution in [3.05, 3.63) is 59.2 Å². The Balaban J connectivity index is 1.72. The van der Waals surface area contributed by atoms with Gasteiger partial charge in [-0.1, -0.05) is 52.0 Å². The van der Waals surface area contributed by atoms with Crippen molar-refractivity contribution in [3.8, 4) is 0 Å². The fourth-order valence-electron chi connectivity index (χ4n) is 5.54. The third kappa shape index (κ3) is 1.96. The summed E-state index contributed by atoms with van der Waals surface area (Å²) in [5.74, 6) is 0.625. The normalized spacial score (nSPS) is 30.2. The van der Waals surface area contributed by atoms with Crippen molar-refractivity contribution in [2.45, 2.75) is 58.5 Å². The highest BCUT2D eigenvalue weighted by atomic mass is 15.5. The van der Waals surface area contributed by atoms with Crippen LogP contribution in [0.25, 0.3) is 0 Å². The summed E-state index contributed by atoms with van der Waals surface area (Å²) in [7, 11) is 0. The molecule has 3 atom stereocenters. The molecule has 1 saturated heterocycles. The first-order valence-electron chi connectivity index (χ1n) is 10.3. The van der Waals surface area contributed by atoms with Gasteiger partial charge in [-0.2, -0.15) is 0 Å². The molecule has 2 aliphatic heterocycles. The lowest BCUT2D eigenvalue weighted by Crippen LogP contribution is -2.51. The van der Waals surface area contributed by atoms with Gasteiger partial charge < -0.3 is 9.80 Å². The number of hydrogen-bond acceptors (Lipinski definition) is 2. The summed E-state index contributed by atoms with van der Waals surface area (Å²) >= 11 is 0. The second-order valence-electron chi connectivity index (χ2n) is 8.97. The molecule has 0 radical (unpaired) electrons. The second-order valence-corrected chi connectivity index (χ2v) is 8.97. The quantitative estimate of drug-likeness (QED) is 0.787. The summed E-state index contributed by atoms with van der Waals surface area (Å²) in [6, 6.07) is 15.2. The van der Waals surface area contributed by atoms with E-state index < -0.39 is 0 Å². The zero-order valence-corrected chi connectivity index (χ0v) is 17.1. The molecule has 2 aromatic carbocycles. The third-order valence-corrected chi connectivity index (χ3v) is 7.54. The molecule has 1 aliphatic carbocycles. The van der Waals surface area contributed by atoms with Gasteiger partial charge in [0.25, 0.3) is 0 Å². The van der Waals surface area contributed by atoms with Crippen LogP contribution in [0.5, 0.6) is 0 Å². The van der Waals surface area contributed by atoms with Gasteiger partial charge in [-0.05, 0) is 54.2 Å². The van der Waals surface area contributed by atoms with Crippen LogP contribution in [-0.4, -0.2) is 17.8 Å². The van der Waals surface area contributed by atoms with E-state index >= 15 is 0 Å². The molecule has 2 N–H and O–H groups in total. The molecule has 3 unspecified atom stereocenters. The van der Waals surface area contributed by atoms with E-state index in [9.17, 15) is 0 Å². The molecule has 0 spiro atoms. The Bertz CT molecular complexity index is 1030. The van der Waals surface area contributed by atoms with Gasteiger partial charge >= 0.3 is 0 Å². The first kappa shape index (κ1) is 17.5. The average molecular weight is 373 g/mol. The van der Waals surface area contributed by atoms with Crippen molar-refractivity contribution in [2.24, 2.45) is 5.41 Å². The summed E-state index contributed by atoms with van der Waals surface area (Å²) in [6.45, 7) is 9.03. The van der Waals surface area contributed by atoms with Gasteiger partial charge in [0.1, 0.15) is 6.17 Å². The molecule has 144 valence electrons. The van der Waals surface area contributed by atoms with Gasteiger partial charge in [-0.15, -0.1) is 0 Å². The summed E-state index contributed by atoms with van der Waals surface area (Å²) < 4.78 is 0. The van der Waals surface area contributed by atoms with Gasteiger partial charge in [-0.3, -0.25) is 10.8 Å². The van der Waals surface area contributed by atoms with E-state index in [1.165, 1.54) is 16.7 Å². The predicted molar refractivity (Wildman–Crippen MR) is 116 cm³/mol.